The summed E-state index contributed by atoms with van der Waals surface area (Å²) in [4.78, 5) is 10.2. The normalized spacial score (nSPS) is 12.3. The highest BCUT2D eigenvalue weighted by molar-refractivity contribution is 7.19. The molecule has 2 heterocycles. The van der Waals surface area contributed by atoms with Crippen molar-refractivity contribution in [3.8, 4) is 0 Å². The van der Waals surface area contributed by atoms with Gasteiger partial charge >= 0.3 is 0 Å². The Morgan fingerprint density at radius 3 is 2.87 bits per heavy atom. The first-order chi connectivity index (χ1) is 7.03. The zero-order valence-electron chi connectivity index (χ0n) is 8.45. The van der Waals surface area contributed by atoms with Crippen molar-refractivity contribution in [3.63, 3.8) is 0 Å². The van der Waals surface area contributed by atoms with E-state index in [2.05, 4.69) is 4.98 Å². The van der Waals surface area contributed by atoms with Gasteiger partial charge in [-0.25, -0.2) is 10.9 Å². The number of fused-ring (bicyclic) bond motifs is 1. The molecule has 80 valence electrons. The van der Waals surface area contributed by atoms with Crippen molar-refractivity contribution >= 4 is 33.2 Å². The summed E-state index contributed by atoms with van der Waals surface area (Å²) in [5, 5.41) is 0.498. The van der Waals surface area contributed by atoms with Gasteiger partial charge in [0.2, 0.25) is 0 Å². The average molecular weight is 243 g/mol. The molecule has 2 aromatic rings. The van der Waals surface area contributed by atoms with Crippen molar-refractivity contribution in [1.29, 1.82) is 0 Å². The van der Waals surface area contributed by atoms with Crippen molar-refractivity contribution in [3.05, 3.63) is 28.2 Å². The van der Waals surface area contributed by atoms with Crippen LogP contribution in [0, 0.1) is 0 Å². The fourth-order valence-corrected chi connectivity index (χ4v) is 2.45. The molecule has 0 aliphatic rings. The molecule has 0 bridgehead atoms. The summed E-state index contributed by atoms with van der Waals surface area (Å²) in [6, 6.07) is 5.69. The van der Waals surface area contributed by atoms with Gasteiger partial charge in [0.15, 0.2) is 0 Å². The van der Waals surface area contributed by atoms with Crippen LogP contribution >= 0.6 is 22.9 Å². The summed E-state index contributed by atoms with van der Waals surface area (Å²) < 4.78 is 1.08. The van der Waals surface area contributed by atoms with E-state index in [1.54, 1.807) is 17.4 Å². The molecule has 0 saturated carbocycles. The van der Waals surface area contributed by atoms with Crippen molar-refractivity contribution in [2.24, 2.45) is 5.90 Å². The molecule has 0 atom stereocenters. The number of hydrogen-bond acceptors (Lipinski definition) is 4. The lowest BCUT2D eigenvalue weighted by molar-refractivity contribution is -0.0207. The van der Waals surface area contributed by atoms with E-state index >= 15 is 0 Å². The van der Waals surface area contributed by atoms with Crippen LogP contribution < -0.4 is 5.90 Å². The van der Waals surface area contributed by atoms with E-state index in [1.807, 2.05) is 26.0 Å². The molecule has 0 unspecified atom stereocenters. The van der Waals surface area contributed by atoms with E-state index in [0.717, 1.165) is 15.1 Å². The number of pyridine rings is 1. The molecule has 2 N–H and O–H groups in total. The second kappa shape index (κ2) is 3.72. The van der Waals surface area contributed by atoms with Crippen LogP contribution in [0.2, 0.25) is 5.15 Å². The molecular weight excluding hydrogens is 232 g/mol. The molecule has 3 nitrogen and oxygen atoms in total. The first kappa shape index (κ1) is 10.8. The lowest BCUT2D eigenvalue weighted by Crippen LogP contribution is -2.23. The highest BCUT2D eigenvalue weighted by Gasteiger charge is 2.23. The van der Waals surface area contributed by atoms with Gasteiger partial charge in [-0.2, -0.15) is 0 Å². The van der Waals surface area contributed by atoms with Gasteiger partial charge < -0.3 is 0 Å². The molecule has 0 spiro atoms. The molecule has 0 aromatic carbocycles. The fraction of sp³-hybridized carbons (Fsp3) is 0.300. The fourth-order valence-electron chi connectivity index (χ4n) is 1.25. The predicted molar refractivity (Wildman–Crippen MR) is 62.9 cm³/mol. The van der Waals surface area contributed by atoms with Gasteiger partial charge in [-0.1, -0.05) is 11.6 Å². The van der Waals surface area contributed by atoms with E-state index < -0.39 is 5.60 Å². The van der Waals surface area contributed by atoms with Gasteiger partial charge in [0.05, 0.1) is 10.2 Å². The van der Waals surface area contributed by atoms with Crippen LogP contribution in [0.5, 0.6) is 0 Å². The maximum atomic E-state index is 5.81. The summed E-state index contributed by atoms with van der Waals surface area (Å²) in [5.41, 5.74) is 0.394. The Labute approximate surface area is 96.8 Å². The largest absolute Gasteiger partial charge is 0.293 e. The molecule has 0 fully saturated rings. The lowest BCUT2D eigenvalue weighted by Gasteiger charge is -2.19. The number of rotatable bonds is 2. The van der Waals surface area contributed by atoms with Gasteiger partial charge in [-0.15, -0.1) is 11.3 Å². The number of thiophene rings is 1. The summed E-state index contributed by atoms with van der Waals surface area (Å²) in [7, 11) is 0. The maximum absolute atomic E-state index is 5.81. The monoisotopic (exact) mass is 242 g/mol. The lowest BCUT2D eigenvalue weighted by atomic mass is 10.1. The van der Waals surface area contributed by atoms with Crippen LogP contribution in [-0.4, -0.2) is 4.98 Å². The van der Waals surface area contributed by atoms with Crippen molar-refractivity contribution in [2.75, 3.05) is 0 Å². The Balaban J connectivity index is 2.56. The number of halogens is 1. The van der Waals surface area contributed by atoms with E-state index in [0.29, 0.717) is 5.15 Å². The van der Waals surface area contributed by atoms with Crippen LogP contribution in [0.1, 0.15) is 18.7 Å². The second-order valence-electron chi connectivity index (χ2n) is 3.76. The molecule has 0 aliphatic heterocycles. The quantitative estimate of drug-likeness (QED) is 0.650. The Morgan fingerprint density at radius 1 is 1.47 bits per heavy atom. The average Bonchev–Trinajstić information content (AvgIpc) is 2.61. The SMILES string of the molecule is CC(C)(ON)c1cc2nc(Cl)ccc2s1. The van der Waals surface area contributed by atoms with Gasteiger partial charge in [0.1, 0.15) is 10.8 Å². The van der Waals surface area contributed by atoms with Crippen LogP contribution in [-0.2, 0) is 10.4 Å². The Kier molecular flexibility index (Phi) is 2.68. The third-order valence-electron chi connectivity index (χ3n) is 2.23. The zero-order chi connectivity index (χ0) is 11.1. The predicted octanol–water partition coefficient (Wildman–Crippen LogP) is 3.08. The molecule has 0 amide bonds. The van der Waals surface area contributed by atoms with Crippen molar-refractivity contribution in [2.45, 2.75) is 19.4 Å². The number of hydrogen-bond donors (Lipinski definition) is 1. The smallest absolute Gasteiger partial charge is 0.129 e. The van der Waals surface area contributed by atoms with Crippen molar-refractivity contribution in [1.82, 2.24) is 4.98 Å². The highest BCUT2D eigenvalue weighted by atomic mass is 35.5. The highest BCUT2D eigenvalue weighted by Crippen LogP contribution is 2.34. The zero-order valence-corrected chi connectivity index (χ0v) is 10.0. The van der Waals surface area contributed by atoms with Crippen LogP contribution in [0.3, 0.4) is 0 Å². The molecule has 2 rings (SSSR count). The maximum Gasteiger partial charge on any atom is 0.129 e. The molecular formula is C10H11ClN2OS. The van der Waals surface area contributed by atoms with Gasteiger partial charge in [0.25, 0.3) is 0 Å². The molecule has 5 heteroatoms. The summed E-state index contributed by atoms with van der Waals surface area (Å²) in [5.74, 6) is 5.25. The minimum atomic E-state index is -0.488. The number of aromatic nitrogens is 1. The Morgan fingerprint density at radius 2 is 2.20 bits per heavy atom. The van der Waals surface area contributed by atoms with Crippen LogP contribution in [0.4, 0.5) is 0 Å². The molecule has 15 heavy (non-hydrogen) atoms. The molecule has 2 aromatic heterocycles. The van der Waals surface area contributed by atoms with E-state index in [4.69, 9.17) is 22.3 Å². The minimum Gasteiger partial charge on any atom is -0.293 e. The van der Waals surface area contributed by atoms with Gasteiger partial charge in [-0.3, -0.25) is 4.84 Å². The van der Waals surface area contributed by atoms with Gasteiger partial charge in [0, 0.05) is 4.88 Å². The third kappa shape index (κ3) is 1.99. The van der Waals surface area contributed by atoms with Gasteiger partial charge in [-0.05, 0) is 32.0 Å². The first-order valence-electron chi connectivity index (χ1n) is 4.47. The third-order valence-corrected chi connectivity index (χ3v) is 3.83. The van der Waals surface area contributed by atoms with E-state index in [-0.39, 0.29) is 0 Å². The molecule has 0 radical (unpaired) electrons. The van der Waals surface area contributed by atoms with Crippen LogP contribution in [0.15, 0.2) is 18.2 Å². The molecule has 0 aliphatic carbocycles. The second-order valence-corrected chi connectivity index (χ2v) is 5.23. The van der Waals surface area contributed by atoms with E-state index in [1.165, 1.54) is 0 Å². The number of nitrogens with zero attached hydrogens (tertiary/aromatic N) is 1. The number of nitrogens with two attached hydrogens (primary N) is 1. The standard InChI is InChI=1S/C10H11ClN2OS/c1-10(2,14-12)8-5-6-7(15-8)3-4-9(11)13-6/h3-5H,12H2,1-2H3. The topological polar surface area (TPSA) is 48.1 Å². The summed E-state index contributed by atoms with van der Waals surface area (Å²) in [6.07, 6.45) is 0. The Hall–Kier alpha value is -0.680. The first-order valence-corrected chi connectivity index (χ1v) is 5.67. The van der Waals surface area contributed by atoms with Crippen LogP contribution in [0.25, 0.3) is 10.2 Å². The van der Waals surface area contributed by atoms with E-state index in [9.17, 15) is 0 Å². The Bertz CT molecular complexity index is 495. The minimum absolute atomic E-state index is 0.488. The molecule has 0 saturated heterocycles. The summed E-state index contributed by atoms with van der Waals surface area (Å²) in [6.45, 7) is 3.83. The summed E-state index contributed by atoms with van der Waals surface area (Å²) >= 11 is 7.43. The van der Waals surface area contributed by atoms with Crippen molar-refractivity contribution < 1.29 is 4.84 Å².